The van der Waals surface area contributed by atoms with E-state index in [1.165, 1.54) is 0 Å². The van der Waals surface area contributed by atoms with Gasteiger partial charge in [-0.15, -0.1) is 0 Å². The molecular weight excluding hydrogens is 1330 g/mol. The van der Waals surface area contributed by atoms with Crippen LogP contribution in [-0.2, 0) is 62.5 Å². The van der Waals surface area contributed by atoms with Crippen molar-refractivity contribution in [1.29, 1.82) is 0 Å². The van der Waals surface area contributed by atoms with E-state index in [4.69, 9.17) is 39.8 Å². The van der Waals surface area contributed by atoms with E-state index < -0.39 is 275 Å². The number of carbonyl (C=O) groups excluding carboxylic acids is 6. The van der Waals surface area contributed by atoms with Crippen LogP contribution in [-0.4, -0.2) is 444 Å². The molecule has 47 heteroatoms. The molecule has 0 rings (SSSR count). The number of carbonyl (C=O) groups is 9. The van der Waals surface area contributed by atoms with Crippen LogP contribution in [0, 0.1) is 0 Å². The van der Waals surface area contributed by atoms with Gasteiger partial charge in [0.15, 0.2) is 37.9 Å². The summed E-state index contributed by atoms with van der Waals surface area (Å²) in [5, 5.41) is 239. The van der Waals surface area contributed by atoms with Crippen LogP contribution >= 0.6 is 0 Å². The lowest BCUT2D eigenvalue weighted by atomic mass is 10.0. The molecule has 0 heterocycles. The quantitative estimate of drug-likeness (QED) is 0.0153. The lowest BCUT2D eigenvalue weighted by molar-refractivity contribution is -0.152. The van der Waals surface area contributed by atoms with Crippen molar-refractivity contribution in [3.8, 4) is 0 Å². The zero-order valence-corrected chi connectivity index (χ0v) is 51.4. The number of aliphatic carboxylic acids is 3. The van der Waals surface area contributed by atoms with Crippen LogP contribution in [0.4, 0.5) is 0 Å². The van der Waals surface area contributed by atoms with Gasteiger partial charge in [-0.3, -0.25) is 67.7 Å². The molecular formula is C50H85N11O36. The second kappa shape index (κ2) is 48.7. The molecule has 0 saturated carbocycles. The van der Waals surface area contributed by atoms with Gasteiger partial charge in [0.05, 0.1) is 77.4 Å². The lowest BCUT2D eigenvalue weighted by Crippen LogP contribution is -2.49. The minimum Gasteiger partial charge on any atom is -0.506 e. The van der Waals surface area contributed by atoms with Crippen LogP contribution in [0.25, 0.3) is 0 Å². The number of carboxylic acid groups (broad SMARTS) is 3. The van der Waals surface area contributed by atoms with Crippen molar-refractivity contribution in [2.75, 3.05) is 138 Å². The largest absolute Gasteiger partial charge is 0.506 e. The van der Waals surface area contributed by atoms with Gasteiger partial charge in [0, 0.05) is 52.4 Å². The Morgan fingerprint density at radius 2 is 0.629 bits per heavy atom. The van der Waals surface area contributed by atoms with Gasteiger partial charge in [-0.1, -0.05) is 20.6 Å². The van der Waals surface area contributed by atoms with Gasteiger partial charge < -0.3 is 147 Å². The number of amides is 6. The molecule has 0 saturated heterocycles. The molecule has 0 aromatic heterocycles. The van der Waals surface area contributed by atoms with E-state index in [1.54, 1.807) is 0 Å². The molecule has 10 unspecified atom stereocenters. The standard InChI is InChI=1S/C50H85N11O36/c62-18-30(70)47(90)43(86)26(66)9-53-94-22-36(76)60(37(77)23-95-54-10-27(67)44(87)48(91)31(71)19-63)3-1-51-34(74)13-58(16-41(82)83)7-5-57(15-40(80)81)6-8-59(17-42(84)85)14-35(75)52-2-4-61(38(78)24-96-55-11-28(68)45(88)49(92)32(72)20-64)39(79)25-97-56-12-29(69)46(89)50(93)33(73)21-65/h9-12,26-32,43-49,62-73,86-93H,1-8,13-25H2,(H,51,74)(H,52,75)(H,80,81)(H,82,83)(H,84,85)/b50-33+,53-9+,54-10+,55-11+,56-12+/t26?,27?,28?,29?,30?,31?,32?,43-,44+,45-,46+,47?,48?,49?/m0/s1. The van der Waals surface area contributed by atoms with Crippen molar-refractivity contribution in [3.05, 3.63) is 11.5 Å². The number of aliphatic hydroxyl groups is 20. The first-order valence-corrected chi connectivity index (χ1v) is 28.3. The van der Waals surface area contributed by atoms with Gasteiger partial charge in [-0.05, 0) is 0 Å². The SMILES string of the molecule is O=C(O)CN(CCN(CC(=O)O)CC(=O)NCCN(C(=O)CO/N=C/C(O)[C@@H](O)C(O)C(O)CO)C(=O)CO/N=C/C(O)[C@H](O)C(O)C(O)CO)CCN(CC(=O)O)CC(=O)NCCN(C(=O)CO/N=C/C(O)[C@H](O)C(O)C(O)CO)C(=O)CO/N=C/C(O)[C@@H](O)/C(O)=C(\O)CO. The lowest BCUT2D eigenvalue weighted by Gasteiger charge is -2.28. The third-order valence-corrected chi connectivity index (χ3v) is 12.6. The Kier molecular flexibility index (Phi) is 44.7. The predicted molar refractivity (Wildman–Crippen MR) is 314 cm³/mol. The molecule has 0 aromatic rings. The number of aliphatic hydroxyl groups excluding tert-OH is 20. The number of nitrogens with zero attached hydrogens (tertiary/aromatic N) is 9. The second-order valence-corrected chi connectivity index (χ2v) is 20.2. The first-order valence-electron chi connectivity index (χ1n) is 28.3. The number of oxime groups is 4. The Labute approximate surface area is 547 Å². The average molecular weight is 1420 g/mol. The summed E-state index contributed by atoms with van der Waals surface area (Å²) < 4.78 is 0. The van der Waals surface area contributed by atoms with E-state index in [-0.39, 0.29) is 13.1 Å². The molecule has 14 atom stereocenters. The Hall–Kier alpha value is -7.99. The maximum absolute atomic E-state index is 13.2. The van der Waals surface area contributed by atoms with E-state index in [0.717, 1.165) is 14.7 Å². The summed E-state index contributed by atoms with van der Waals surface area (Å²) in [7, 11) is 0. The molecule has 556 valence electrons. The Morgan fingerprint density at radius 3 is 0.897 bits per heavy atom. The molecule has 0 radical (unpaired) electrons. The Bertz CT molecular complexity index is 2520. The molecule has 0 aliphatic rings. The number of hydrogen-bond acceptors (Lipinski definition) is 40. The van der Waals surface area contributed by atoms with Gasteiger partial charge in [-0.2, -0.15) is 0 Å². The van der Waals surface area contributed by atoms with E-state index in [0.29, 0.717) is 34.7 Å². The number of nitrogens with one attached hydrogen (secondary N) is 2. The van der Waals surface area contributed by atoms with E-state index in [1.807, 2.05) is 0 Å². The maximum Gasteiger partial charge on any atom is 0.317 e. The summed E-state index contributed by atoms with van der Waals surface area (Å²) in [4.78, 5) is 138. The van der Waals surface area contributed by atoms with Gasteiger partial charge >= 0.3 is 17.9 Å². The van der Waals surface area contributed by atoms with Crippen molar-refractivity contribution in [2.24, 2.45) is 20.6 Å². The van der Waals surface area contributed by atoms with Gasteiger partial charge in [0.2, 0.25) is 11.8 Å². The van der Waals surface area contributed by atoms with Crippen molar-refractivity contribution >= 4 is 78.2 Å². The van der Waals surface area contributed by atoms with Crippen molar-refractivity contribution in [3.63, 3.8) is 0 Å². The summed E-state index contributed by atoms with van der Waals surface area (Å²) in [5.41, 5.74) is 0. The van der Waals surface area contributed by atoms with Crippen LogP contribution in [0.5, 0.6) is 0 Å². The van der Waals surface area contributed by atoms with Crippen molar-refractivity contribution in [1.82, 2.24) is 35.1 Å². The summed E-state index contributed by atoms with van der Waals surface area (Å²) >= 11 is 0. The molecule has 0 spiro atoms. The number of imide groups is 2. The highest BCUT2D eigenvalue weighted by atomic mass is 16.6. The number of carboxylic acids is 3. The Balaban J connectivity index is 6.25. The normalized spacial score (nSPS) is 16.7. The van der Waals surface area contributed by atoms with Gasteiger partial charge in [-0.25, -0.2) is 0 Å². The maximum atomic E-state index is 13.2. The fourth-order valence-electron chi connectivity index (χ4n) is 7.22. The predicted octanol–water partition coefficient (Wildman–Crippen LogP) is -16.6. The van der Waals surface area contributed by atoms with Crippen molar-refractivity contribution < 1.29 is 180 Å². The second-order valence-electron chi connectivity index (χ2n) is 20.2. The summed E-state index contributed by atoms with van der Waals surface area (Å²) in [6, 6.07) is 0. The molecule has 25 N–H and O–H groups in total. The molecule has 0 bridgehead atoms. The average Bonchev–Trinajstić information content (AvgIpc) is 1.88. The fourth-order valence-corrected chi connectivity index (χ4v) is 7.22. The van der Waals surface area contributed by atoms with Crippen LogP contribution in [0.1, 0.15) is 0 Å². The molecule has 97 heavy (non-hydrogen) atoms. The molecule has 0 aromatic carbocycles. The zero-order chi connectivity index (χ0) is 74.1. The Morgan fingerprint density at radius 1 is 0.361 bits per heavy atom. The topological polar surface area (TPSA) is 746 Å². The minimum atomic E-state index is -2.26. The first kappa shape index (κ1) is 89.0. The summed E-state index contributed by atoms with van der Waals surface area (Å²) in [5.74, 6) is -13.8. The molecule has 47 nitrogen and oxygen atoms in total. The summed E-state index contributed by atoms with van der Waals surface area (Å²) in [6.45, 7) is -17.0. The van der Waals surface area contributed by atoms with Gasteiger partial charge in [0.1, 0.15) is 92.1 Å². The third-order valence-electron chi connectivity index (χ3n) is 12.6. The molecule has 6 amide bonds. The summed E-state index contributed by atoms with van der Waals surface area (Å²) in [6.07, 6.45) is -27.2. The van der Waals surface area contributed by atoms with E-state index in [2.05, 4.69) is 31.3 Å². The van der Waals surface area contributed by atoms with Crippen LogP contribution < -0.4 is 10.6 Å². The zero-order valence-electron chi connectivity index (χ0n) is 51.4. The van der Waals surface area contributed by atoms with E-state index in [9.17, 15) is 140 Å². The molecule has 0 fully saturated rings. The number of hydrogen-bond donors (Lipinski definition) is 25. The van der Waals surface area contributed by atoms with Crippen molar-refractivity contribution in [2.45, 2.75) is 85.5 Å². The number of rotatable bonds is 53. The molecule has 0 aliphatic carbocycles. The monoisotopic (exact) mass is 1420 g/mol. The van der Waals surface area contributed by atoms with Crippen LogP contribution in [0.3, 0.4) is 0 Å². The smallest absolute Gasteiger partial charge is 0.317 e. The van der Waals surface area contributed by atoms with Gasteiger partial charge in [0.25, 0.3) is 23.6 Å². The highest BCUT2D eigenvalue weighted by Gasteiger charge is 2.33. The third kappa shape index (κ3) is 36.3. The minimum absolute atomic E-state index is 0.356. The first-order chi connectivity index (χ1) is 45.6. The molecule has 0 aliphatic heterocycles. The highest BCUT2D eigenvalue weighted by Crippen LogP contribution is 2.10. The van der Waals surface area contributed by atoms with Crippen LogP contribution in [0.2, 0.25) is 0 Å². The van der Waals surface area contributed by atoms with E-state index >= 15 is 0 Å². The van der Waals surface area contributed by atoms with Crippen LogP contribution in [0.15, 0.2) is 32.1 Å². The highest BCUT2D eigenvalue weighted by molar-refractivity contribution is 5.97. The fraction of sp³-hybridized carbons (Fsp3) is 0.700.